The first-order valence-corrected chi connectivity index (χ1v) is 8.02. The molecule has 0 unspecified atom stereocenters. The Labute approximate surface area is 141 Å². The summed E-state index contributed by atoms with van der Waals surface area (Å²) in [7, 11) is 3.40. The molecule has 0 aromatic heterocycles. The van der Waals surface area contributed by atoms with E-state index in [1.807, 2.05) is 30.3 Å². The van der Waals surface area contributed by atoms with Crippen LogP contribution >= 0.6 is 0 Å². The van der Waals surface area contributed by atoms with Crippen molar-refractivity contribution in [3.8, 4) is 0 Å². The highest BCUT2D eigenvalue weighted by atomic mass is 16.2. The molecule has 0 spiro atoms. The molecule has 2 N–H and O–H groups in total. The van der Waals surface area contributed by atoms with E-state index < -0.39 is 0 Å². The fourth-order valence-electron chi connectivity index (χ4n) is 2.91. The monoisotopic (exact) mass is 323 g/mol. The van der Waals surface area contributed by atoms with Gasteiger partial charge in [0.15, 0.2) is 0 Å². The molecule has 0 atom stereocenters. The van der Waals surface area contributed by atoms with Gasteiger partial charge in [0.1, 0.15) is 0 Å². The molecule has 0 radical (unpaired) electrons. The van der Waals surface area contributed by atoms with Crippen molar-refractivity contribution in [1.29, 1.82) is 0 Å². The van der Waals surface area contributed by atoms with Crippen LogP contribution in [0, 0.1) is 0 Å². The minimum atomic E-state index is -0.113. The second-order valence-electron chi connectivity index (χ2n) is 5.99. The van der Waals surface area contributed by atoms with Crippen molar-refractivity contribution in [3.05, 3.63) is 64.7 Å². The zero-order valence-electron chi connectivity index (χ0n) is 13.9. The predicted molar refractivity (Wildman–Crippen MR) is 94.3 cm³/mol. The third kappa shape index (κ3) is 3.25. The minimum Gasteiger partial charge on any atom is -0.384 e. The molecule has 24 heavy (non-hydrogen) atoms. The molecule has 124 valence electrons. The maximum Gasteiger partial charge on any atom is 0.253 e. The van der Waals surface area contributed by atoms with Gasteiger partial charge < -0.3 is 15.5 Å². The largest absolute Gasteiger partial charge is 0.384 e. The van der Waals surface area contributed by atoms with Gasteiger partial charge in [-0.05, 0) is 47.9 Å². The van der Waals surface area contributed by atoms with Crippen LogP contribution in [0.5, 0.6) is 0 Å². The lowest BCUT2D eigenvalue weighted by molar-refractivity contribution is 0.0784. The summed E-state index contributed by atoms with van der Waals surface area (Å²) in [5, 5.41) is 5.89. The highest BCUT2D eigenvalue weighted by Crippen LogP contribution is 2.23. The Morgan fingerprint density at radius 2 is 1.83 bits per heavy atom. The topological polar surface area (TPSA) is 61.4 Å². The number of fused-ring (bicyclic) bond motifs is 1. The molecule has 0 bridgehead atoms. The zero-order chi connectivity index (χ0) is 17.1. The summed E-state index contributed by atoms with van der Waals surface area (Å²) in [6, 6.07) is 13.1. The van der Waals surface area contributed by atoms with Crippen LogP contribution in [0.2, 0.25) is 0 Å². The number of benzene rings is 2. The van der Waals surface area contributed by atoms with E-state index in [2.05, 4.69) is 10.6 Å². The lowest BCUT2D eigenvalue weighted by Crippen LogP contribution is -2.26. The standard InChI is InChI=1S/C19H21N3O2/c1-20-18(23)14-5-3-13(4-6-14)12-22(2)19(24)16-7-8-17-15(11-16)9-10-21-17/h3-8,11,21H,9-10,12H2,1-2H3,(H,20,23). The quantitative estimate of drug-likeness (QED) is 0.907. The first kappa shape index (κ1) is 16.1. The Morgan fingerprint density at radius 3 is 2.54 bits per heavy atom. The average molecular weight is 323 g/mol. The van der Waals surface area contributed by atoms with Crippen molar-refractivity contribution in [1.82, 2.24) is 10.2 Å². The number of hydrogen-bond donors (Lipinski definition) is 2. The van der Waals surface area contributed by atoms with Gasteiger partial charge in [0.2, 0.25) is 0 Å². The number of carbonyl (C=O) groups is 2. The normalized spacial score (nSPS) is 12.2. The number of rotatable bonds is 4. The molecule has 1 aliphatic heterocycles. The number of hydrogen-bond acceptors (Lipinski definition) is 3. The van der Waals surface area contributed by atoms with Gasteiger partial charge in [0.25, 0.3) is 11.8 Å². The third-order valence-corrected chi connectivity index (χ3v) is 4.27. The Morgan fingerprint density at radius 1 is 1.12 bits per heavy atom. The first-order chi connectivity index (χ1) is 11.6. The van der Waals surface area contributed by atoms with Crippen molar-refractivity contribution in [3.63, 3.8) is 0 Å². The summed E-state index contributed by atoms with van der Waals surface area (Å²) >= 11 is 0. The van der Waals surface area contributed by atoms with Crippen LogP contribution in [-0.2, 0) is 13.0 Å². The fourth-order valence-corrected chi connectivity index (χ4v) is 2.91. The summed E-state index contributed by atoms with van der Waals surface area (Å²) in [5.41, 5.74) is 4.63. The Balaban J connectivity index is 1.69. The SMILES string of the molecule is CNC(=O)c1ccc(CN(C)C(=O)c2ccc3c(c2)CCN3)cc1. The second-order valence-corrected chi connectivity index (χ2v) is 5.99. The molecule has 3 rings (SSSR count). The molecule has 0 fully saturated rings. The van der Waals surface area contributed by atoms with Crippen molar-refractivity contribution in [2.75, 3.05) is 26.0 Å². The van der Waals surface area contributed by atoms with E-state index in [4.69, 9.17) is 0 Å². The van der Waals surface area contributed by atoms with Gasteiger partial charge in [-0.2, -0.15) is 0 Å². The lowest BCUT2D eigenvalue weighted by atomic mass is 10.1. The molecular weight excluding hydrogens is 302 g/mol. The maximum atomic E-state index is 12.6. The molecule has 1 aliphatic rings. The Hall–Kier alpha value is -2.82. The molecule has 2 aromatic rings. The van der Waals surface area contributed by atoms with E-state index in [0.717, 1.165) is 24.2 Å². The summed E-state index contributed by atoms with van der Waals surface area (Å²) in [6.45, 7) is 1.43. The van der Waals surface area contributed by atoms with E-state index in [1.165, 1.54) is 5.56 Å². The van der Waals surface area contributed by atoms with Gasteiger partial charge in [0.05, 0.1) is 0 Å². The van der Waals surface area contributed by atoms with Crippen molar-refractivity contribution >= 4 is 17.5 Å². The number of carbonyl (C=O) groups excluding carboxylic acids is 2. The summed E-state index contributed by atoms with van der Waals surface area (Å²) < 4.78 is 0. The Bertz CT molecular complexity index is 769. The number of nitrogens with one attached hydrogen (secondary N) is 2. The van der Waals surface area contributed by atoms with Crippen LogP contribution in [0.15, 0.2) is 42.5 Å². The van der Waals surface area contributed by atoms with Crippen LogP contribution in [0.25, 0.3) is 0 Å². The van der Waals surface area contributed by atoms with E-state index in [0.29, 0.717) is 17.7 Å². The van der Waals surface area contributed by atoms with E-state index in [-0.39, 0.29) is 11.8 Å². The molecule has 0 saturated heterocycles. The van der Waals surface area contributed by atoms with Gasteiger partial charge in [-0.25, -0.2) is 0 Å². The Kier molecular flexibility index (Phi) is 4.51. The molecule has 5 nitrogen and oxygen atoms in total. The van der Waals surface area contributed by atoms with Crippen LogP contribution < -0.4 is 10.6 Å². The highest BCUT2D eigenvalue weighted by molar-refractivity contribution is 5.95. The molecule has 0 aliphatic carbocycles. The van der Waals surface area contributed by atoms with E-state index in [1.54, 1.807) is 31.1 Å². The molecular formula is C19H21N3O2. The number of anilines is 1. The van der Waals surface area contributed by atoms with Crippen LogP contribution in [0.4, 0.5) is 5.69 Å². The smallest absolute Gasteiger partial charge is 0.253 e. The summed E-state index contributed by atoms with van der Waals surface area (Å²) in [5.74, 6) is -0.113. The van der Waals surface area contributed by atoms with Gasteiger partial charge in [-0.3, -0.25) is 9.59 Å². The molecule has 2 amide bonds. The molecule has 1 heterocycles. The van der Waals surface area contributed by atoms with Crippen LogP contribution in [0.1, 0.15) is 31.8 Å². The van der Waals surface area contributed by atoms with Crippen LogP contribution in [-0.4, -0.2) is 37.4 Å². The van der Waals surface area contributed by atoms with E-state index in [9.17, 15) is 9.59 Å². The third-order valence-electron chi connectivity index (χ3n) is 4.27. The van der Waals surface area contributed by atoms with Crippen molar-refractivity contribution in [2.45, 2.75) is 13.0 Å². The predicted octanol–water partition coefficient (Wildman–Crippen LogP) is 2.29. The van der Waals surface area contributed by atoms with Gasteiger partial charge in [-0.1, -0.05) is 12.1 Å². The lowest BCUT2D eigenvalue weighted by Gasteiger charge is -2.18. The molecule has 0 saturated carbocycles. The molecule has 2 aromatic carbocycles. The average Bonchev–Trinajstić information content (AvgIpc) is 3.08. The van der Waals surface area contributed by atoms with Crippen molar-refractivity contribution < 1.29 is 9.59 Å². The van der Waals surface area contributed by atoms with Crippen molar-refractivity contribution in [2.24, 2.45) is 0 Å². The summed E-state index contributed by atoms with van der Waals surface area (Å²) in [6.07, 6.45) is 0.959. The van der Waals surface area contributed by atoms with Gasteiger partial charge >= 0.3 is 0 Å². The van der Waals surface area contributed by atoms with Crippen LogP contribution in [0.3, 0.4) is 0 Å². The number of nitrogens with zero attached hydrogens (tertiary/aromatic N) is 1. The summed E-state index contributed by atoms with van der Waals surface area (Å²) in [4.78, 5) is 25.9. The zero-order valence-corrected chi connectivity index (χ0v) is 13.9. The molecule has 5 heteroatoms. The minimum absolute atomic E-state index is 0.0000720. The highest BCUT2D eigenvalue weighted by Gasteiger charge is 2.16. The van der Waals surface area contributed by atoms with E-state index >= 15 is 0 Å². The van der Waals surface area contributed by atoms with Gasteiger partial charge in [-0.15, -0.1) is 0 Å². The maximum absolute atomic E-state index is 12.6. The second kappa shape index (κ2) is 6.74. The number of amides is 2. The van der Waals surface area contributed by atoms with Gasteiger partial charge in [0, 0.05) is 44.0 Å². The fraction of sp³-hybridized carbons (Fsp3) is 0.263. The first-order valence-electron chi connectivity index (χ1n) is 8.02.